The molecule has 0 N–H and O–H groups in total. The van der Waals surface area contributed by atoms with E-state index in [0.29, 0.717) is 31.7 Å². The molecule has 0 radical (unpaired) electrons. The summed E-state index contributed by atoms with van der Waals surface area (Å²) in [4.78, 5) is 12.8. The van der Waals surface area contributed by atoms with Crippen molar-refractivity contribution < 1.29 is 14.3 Å². The van der Waals surface area contributed by atoms with Gasteiger partial charge in [0.1, 0.15) is 0 Å². The van der Waals surface area contributed by atoms with Gasteiger partial charge in [-0.1, -0.05) is 51.0 Å². The summed E-state index contributed by atoms with van der Waals surface area (Å²) in [6, 6.07) is 0. The van der Waals surface area contributed by atoms with Crippen LogP contribution in [0.5, 0.6) is 0 Å². The number of hydrogen-bond acceptors (Lipinski definition) is 3. The summed E-state index contributed by atoms with van der Waals surface area (Å²) in [6.45, 7) is 5.63. The van der Waals surface area contributed by atoms with Crippen LogP contribution >= 0.6 is 0 Å². The Balaban J connectivity index is 2.29. The molecule has 0 amide bonds. The van der Waals surface area contributed by atoms with Gasteiger partial charge in [-0.15, -0.1) is 0 Å². The summed E-state index contributed by atoms with van der Waals surface area (Å²) < 4.78 is 11.2. The number of esters is 1. The molecule has 0 atom stereocenters. The zero-order chi connectivity index (χ0) is 17.2. The van der Waals surface area contributed by atoms with Crippen molar-refractivity contribution in [1.82, 2.24) is 0 Å². The van der Waals surface area contributed by atoms with Gasteiger partial charge >= 0.3 is 5.97 Å². The van der Waals surface area contributed by atoms with Crippen molar-refractivity contribution in [1.29, 1.82) is 0 Å². The monoisotopic (exact) mass is 336 g/mol. The van der Waals surface area contributed by atoms with E-state index in [-0.39, 0.29) is 5.97 Å². The summed E-state index contributed by atoms with van der Waals surface area (Å²) in [6.07, 6.45) is 13.7. The fourth-order valence-corrected chi connectivity index (χ4v) is 4.40. The maximum atomic E-state index is 12.8. The van der Waals surface area contributed by atoms with E-state index < -0.39 is 0 Å². The molecule has 2 fully saturated rings. The molecular formula is C21H36O3. The Morgan fingerprint density at radius 2 is 1.42 bits per heavy atom. The molecule has 0 aromatic rings. The predicted molar refractivity (Wildman–Crippen MR) is 97.9 cm³/mol. The van der Waals surface area contributed by atoms with E-state index in [9.17, 15) is 4.79 Å². The van der Waals surface area contributed by atoms with Crippen molar-refractivity contribution in [2.45, 2.75) is 84.5 Å². The standard InChI is InChI=1S/C21H36O3/c1-3-15-24-21(22)19(16-23-4-2)20(17-11-7-5-8-12-17)18-13-9-6-10-14-18/h17-18H,3-16H2,1-2H3. The molecule has 0 saturated heterocycles. The average Bonchev–Trinajstić information content (AvgIpc) is 2.64. The van der Waals surface area contributed by atoms with Crippen LogP contribution in [0.3, 0.4) is 0 Å². The van der Waals surface area contributed by atoms with Gasteiger partial charge in [-0.2, -0.15) is 0 Å². The van der Waals surface area contributed by atoms with Crippen LogP contribution in [0.4, 0.5) is 0 Å². The molecule has 3 nitrogen and oxygen atoms in total. The van der Waals surface area contributed by atoms with E-state index in [1.54, 1.807) is 0 Å². The summed E-state index contributed by atoms with van der Waals surface area (Å²) >= 11 is 0. The molecule has 0 bridgehead atoms. The molecule has 0 heterocycles. The minimum absolute atomic E-state index is 0.114. The second-order valence-electron chi connectivity index (χ2n) is 7.38. The minimum atomic E-state index is -0.114. The number of carbonyl (C=O) groups is 1. The highest BCUT2D eigenvalue weighted by molar-refractivity contribution is 5.90. The van der Waals surface area contributed by atoms with Crippen molar-refractivity contribution in [2.24, 2.45) is 11.8 Å². The third-order valence-corrected chi connectivity index (χ3v) is 5.57. The highest BCUT2D eigenvalue weighted by Crippen LogP contribution is 2.41. The molecule has 138 valence electrons. The van der Waals surface area contributed by atoms with Gasteiger partial charge in [0.15, 0.2) is 0 Å². The van der Waals surface area contributed by atoms with Crippen LogP contribution in [0.2, 0.25) is 0 Å². The Bertz CT molecular complexity index is 381. The molecule has 2 saturated carbocycles. The Kier molecular flexibility index (Phi) is 8.87. The summed E-state index contributed by atoms with van der Waals surface area (Å²) in [7, 11) is 0. The molecule has 0 aromatic carbocycles. The molecule has 0 spiro atoms. The largest absolute Gasteiger partial charge is 0.462 e. The first-order valence-electron chi connectivity index (χ1n) is 10.3. The number of rotatable bonds is 8. The smallest absolute Gasteiger partial charge is 0.336 e. The Hall–Kier alpha value is -0.830. The van der Waals surface area contributed by atoms with Crippen molar-refractivity contribution in [3.8, 4) is 0 Å². The molecule has 0 aromatic heterocycles. The lowest BCUT2D eigenvalue weighted by Crippen LogP contribution is -2.26. The van der Waals surface area contributed by atoms with Crippen molar-refractivity contribution >= 4 is 5.97 Å². The van der Waals surface area contributed by atoms with E-state index in [2.05, 4.69) is 0 Å². The molecule has 2 aliphatic rings. The normalized spacial score (nSPS) is 19.9. The first-order valence-corrected chi connectivity index (χ1v) is 10.3. The van der Waals surface area contributed by atoms with Crippen molar-refractivity contribution in [2.75, 3.05) is 19.8 Å². The van der Waals surface area contributed by atoms with Crippen LogP contribution in [0.25, 0.3) is 0 Å². The van der Waals surface area contributed by atoms with Crippen molar-refractivity contribution in [3.05, 3.63) is 11.1 Å². The van der Waals surface area contributed by atoms with E-state index >= 15 is 0 Å². The lowest BCUT2D eigenvalue weighted by atomic mass is 9.72. The molecule has 2 rings (SSSR count). The molecule has 24 heavy (non-hydrogen) atoms. The van der Waals surface area contributed by atoms with E-state index in [4.69, 9.17) is 9.47 Å². The molecule has 0 unspecified atom stereocenters. The first kappa shape index (κ1) is 19.5. The van der Waals surface area contributed by atoms with Gasteiger partial charge in [-0.25, -0.2) is 4.79 Å². The van der Waals surface area contributed by atoms with Crippen LogP contribution in [0, 0.1) is 11.8 Å². The van der Waals surface area contributed by atoms with Gasteiger partial charge in [-0.3, -0.25) is 0 Å². The van der Waals surface area contributed by atoms with Gasteiger partial charge < -0.3 is 9.47 Å². The zero-order valence-electron chi connectivity index (χ0n) is 15.8. The lowest BCUT2D eigenvalue weighted by molar-refractivity contribution is -0.139. The molecular weight excluding hydrogens is 300 g/mol. The Morgan fingerprint density at radius 3 is 1.88 bits per heavy atom. The molecule has 3 heteroatoms. The molecule has 2 aliphatic carbocycles. The Morgan fingerprint density at radius 1 is 0.875 bits per heavy atom. The quantitative estimate of drug-likeness (QED) is 0.438. The maximum Gasteiger partial charge on any atom is 0.336 e. The fraction of sp³-hybridized carbons (Fsp3) is 0.857. The number of ether oxygens (including phenoxy) is 2. The maximum absolute atomic E-state index is 12.8. The highest BCUT2D eigenvalue weighted by Gasteiger charge is 2.31. The van der Waals surface area contributed by atoms with Gasteiger partial charge in [-0.05, 0) is 50.9 Å². The topological polar surface area (TPSA) is 35.5 Å². The summed E-state index contributed by atoms with van der Waals surface area (Å²) in [5.41, 5.74) is 2.29. The van der Waals surface area contributed by atoms with Crippen LogP contribution in [-0.4, -0.2) is 25.8 Å². The van der Waals surface area contributed by atoms with Gasteiger partial charge in [0.2, 0.25) is 0 Å². The second kappa shape index (κ2) is 10.9. The van der Waals surface area contributed by atoms with E-state index in [1.165, 1.54) is 69.8 Å². The van der Waals surface area contributed by atoms with Gasteiger partial charge in [0.25, 0.3) is 0 Å². The first-order chi connectivity index (χ1) is 11.8. The lowest BCUT2D eigenvalue weighted by Gasteiger charge is -2.34. The van der Waals surface area contributed by atoms with Crippen LogP contribution in [-0.2, 0) is 14.3 Å². The van der Waals surface area contributed by atoms with Crippen LogP contribution < -0.4 is 0 Å². The molecule has 0 aliphatic heterocycles. The van der Waals surface area contributed by atoms with Crippen LogP contribution in [0.15, 0.2) is 11.1 Å². The third kappa shape index (κ3) is 5.61. The predicted octanol–water partition coefficient (Wildman–Crippen LogP) is 5.43. The second-order valence-corrected chi connectivity index (χ2v) is 7.38. The zero-order valence-corrected chi connectivity index (χ0v) is 15.8. The van der Waals surface area contributed by atoms with Gasteiger partial charge in [0.05, 0.1) is 18.8 Å². The van der Waals surface area contributed by atoms with E-state index in [1.807, 2.05) is 13.8 Å². The van der Waals surface area contributed by atoms with E-state index in [0.717, 1.165) is 12.0 Å². The highest BCUT2D eigenvalue weighted by atomic mass is 16.5. The average molecular weight is 337 g/mol. The minimum Gasteiger partial charge on any atom is -0.462 e. The van der Waals surface area contributed by atoms with Crippen LogP contribution in [0.1, 0.15) is 84.5 Å². The fourth-order valence-electron chi connectivity index (χ4n) is 4.40. The Labute approximate surface area is 148 Å². The summed E-state index contributed by atoms with van der Waals surface area (Å²) in [5.74, 6) is 1.04. The SMILES string of the molecule is CCCOC(=O)C(COCC)=C(C1CCCCC1)C1CCCCC1. The third-order valence-electron chi connectivity index (χ3n) is 5.57. The van der Waals surface area contributed by atoms with Gasteiger partial charge in [0, 0.05) is 6.61 Å². The number of carbonyl (C=O) groups excluding carboxylic acids is 1. The number of allylic oxidation sites excluding steroid dienone is 1. The summed E-state index contributed by atoms with van der Waals surface area (Å²) in [5, 5.41) is 0. The number of hydrogen-bond donors (Lipinski definition) is 0. The van der Waals surface area contributed by atoms with Crippen molar-refractivity contribution in [3.63, 3.8) is 0 Å².